The molecule has 0 saturated heterocycles. The van der Waals surface area contributed by atoms with E-state index in [4.69, 9.17) is 0 Å². The van der Waals surface area contributed by atoms with Gasteiger partial charge in [-0.05, 0) is 0 Å². The molecule has 0 N–H and O–H groups in total. The molecule has 0 rings (SSSR count). The number of methoxy groups -OCH3 is 1. The van der Waals surface area contributed by atoms with Gasteiger partial charge in [0.05, 0.1) is 7.11 Å². The van der Waals surface area contributed by atoms with E-state index in [9.17, 15) is 4.79 Å². The average molecular weight is 143 g/mol. The zero-order chi connectivity index (χ0) is 8.41. The van der Waals surface area contributed by atoms with Crippen molar-refractivity contribution in [2.24, 2.45) is 0 Å². The van der Waals surface area contributed by atoms with Crippen molar-refractivity contribution >= 4 is 5.97 Å². The van der Waals surface area contributed by atoms with Gasteiger partial charge in [-0.2, -0.15) is 0 Å². The standard InChI is InChI=1S/C4H6O2.C4H9/c1-3-4(5)6-2;1-3-4-2/h3H,1H2,2H3;1,3-4H2,2H3. The molecule has 0 amide bonds. The number of hydrogen-bond acceptors (Lipinski definition) is 2. The zero-order valence-electron chi connectivity index (χ0n) is 6.72. The van der Waals surface area contributed by atoms with Crippen LogP contribution in [0.5, 0.6) is 0 Å². The van der Waals surface area contributed by atoms with Crippen LogP contribution in [-0.2, 0) is 9.53 Å². The molecule has 0 unspecified atom stereocenters. The minimum atomic E-state index is -0.394. The molecule has 0 bridgehead atoms. The van der Waals surface area contributed by atoms with Crippen LogP contribution in [0, 0.1) is 6.92 Å². The number of unbranched alkanes of at least 4 members (excludes halogenated alkanes) is 1. The first-order valence-corrected chi connectivity index (χ1v) is 3.22. The minimum absolute atomic E-state index is 0.394. The van der Waals surface area contributed by atoms with E-state index in [0.717, 1.165) is 12.5 Å². The molecule has 0 aromatic rings. The van der Waals surface area contributed by atoms with E-state index < -0.39 is 5.97 Å². The minimum Gasteiger partial charge on any atom is -0.466 e. The molecule has 0 aromatic carbocycles. The molecule has 0 fully saturated rings. The Balaban J connectivity index is 0. The first kappa shape index (κ1) is 11.9. The highest BCUT2D eigenvalue weighted by Gasteiger charge is 1.81. The van der Waals surface area contributed by atoms with Crippen molar-refractivity contribution in [3.63, 3.8) is 0 Å². The van der Waals surface area contributed by atoms with Gasteiger partial charge in [0.1, 0.15) is 0 Å². The number of rotatable bonds is 2. The maximum Gasteiger partial charge on any atom is 0.329 e. The lowest BCUT2D eigenvalue weighted by Crippen LogP contribution is -1.91. The fourth-order valence-corrected chi connectivity index (χ4v) is 0.0833. The van der Waals surface area contributed by atoms with Crippen molar-refractivity contribution in [3.05, 3.63) is 19.6 Å². The number of hydrogen-bond donors (Lipinski definition) is 0. The monoisotopic (exact) mass is 143 g/mol. The summed E-state index contributed by atoms with van der Waals surface area (Å²) < 4.78 is 4.14. The van der Waals surface area contributed by atoms with Crippen LogP contribution < -0.4 is 0 Å². The van der Waals surface area contributed by atoms with Crippen LogP contribution in [0.1, 0.15) is 19.8 Å². The van der Waals surface area contributed by atoms with Crippen molar-refractivity contribution in [3.8, 4) is 0 Å². The summed E-state index contributed by atoms with van der Waals surface area (Å²) in [5.41, 5.74) is 0. The lowest BCUT2D eigenvalue weighted by molar-refractivity contribution is -0.134. The molecular formula is C8H15O2. The maximum atomic E-state index is 9.84. The second kappa shape index (κ2) is 11.1. The molecule has 59 valence electrons. The summed E-state index contributed by atoms with van der Waals surface area (Å²) >= 11 is 0. The van der Waals surface area contributed by atoms with Gasteiger partial charge in [0.2, 0.25) is 0 Å². The summed E-state index contributed by atoms with van der Waals surface area (Å²) in [5, 5.41) is 0. The van der Waals surface area contributed by atoms with Crippen molar-refractivity contribution in [1.29, 1.82) is 0 Å². The number of carbonyl (C=O) groups excluding carboxylic acids is 1. The van der Waals surface area contributed by atoms with Gasteiger partial charge in [0.15, 0.2) is 0 Å². The third kappa shape index (κ3) is 15.7. The Hall–Kier alpha value is -0.790. The lowest BCUT2D eigenvalue weighted by Gasteiger charge is -1.83. The summed E-state index contributed by atoms with van der Waals surface area (Å²) in [6, 6.07) is 0. The molecule has 10 heavy (non-hydrogen) atoms. The Morgan fingerprint density at radius 2 is 2.10 bits per heavy atom. The van der Waals surface area contributed by atoms with Crippen molar-refractivity contribution in [2.45, 2.75) is 19.8 Å². The van der Waals surface area contributed by atoms with Gasteiger partial charge in [-0.15, -0.1) is 0 Å². The maximum absolute atomic E-state index is 9.84. The van der Waals surface area contributed by atoms with Crippen LogP contribution in [0.3, 0.4) is 0 Å². The molecule has 0 spiro atoms. The molecule has 0 aliphatic rings. The predicted octanol–water partition coefficient (Wildman–Crippen LogP) is 1.97. The lowest BCUT2D eigenvalue weighted by atomic mass is 10.4. The van der Waals surface area contributed by atoms with Crippen LogP contribution in [0.25, 0.3) is 0 Å². The van der Waals surface area contributed by atoms with Crippen LogP contribution in [0.2, 0.25) is 0 Å². The Labute approximate surface area is 62.9 Å². The summed E-state index contributed by atoms with van der Waals surface area (Å²) in [7, 11) is 1.31. The van der Waals surface area contributed by atoms with Gasteiger partial charge in [0.25, 0.3) is 0 Å². The first-order valence-electron chi connectivity index (χ1n) is 3.22. The molecule has 0 heterocycles. The third-order valence-electron chi connectivity index (χ3n) is 0.721. The Bertz CT molecular complexity index is 85.3. The quantitative estimate of drug-likeness (QED) is 0.436. The molecule has 2 heteroatoms. The van der Waals surface area contributed by atoms with Crippen LogP contribution in [-0.4, -0.2) is 13.1 Å². The van der Waals surface area contributed by atoms with Crippen molar-refractivity contribution in [2.75, 3.05) is 7.11 Å². The molecular weight excluding hydrogens is 128 g/mol. The Morgan fingerprint density at radius 3 is 2.10 bits per heavy atom. The fraction of sp³-hybridized carbons (Fsp3) is 0.500. The smallest absolute Gasteiger partial charge is 0.329 e. The van der Waals surface area contributed by atoms with E-state index in [-0.39, 0.29) is 0 Å². The number of carbonyl (C=O) groups is 1. The van der Waals surface area contributed by atoms with Crippen LogP contribution in [0.15, 0.2) is 12.7 Å². The highest BCUT2D eigenvalue weighted by atomic mass is 16.5. The van der Waals surface area contributed by atoms with Gasteiger partial charge < -0.3 is 4.74 Å². The van der Waals surface area contributed by atoms with Crippen LogP contribution in [0.4, 0.5) is 0 Å². The first-order chi connectivity index (χ1) is 4.72. The highest BCUT2D eigenvalue weighted by Crippen LogP contribution is 1.76. The number of ether oxygens (including phenoxy) is 1. The van der Waals surface area contributed by atoms with Crippen molar-refractivity contribution in [1.82, 2.24) is 0 Å². The number of esters is 1. The van der Waals surface area contributed by atoms with Gasteiger partial charge in [0, 0.05) is 6.08 Å². The van der Waals surface area contributed by atoms with E-state index >= 15 is 0 Å². The van der Waals surface area contributed by atoms with E-state index in [1.807, 2.05) is 0 Å². The summed E-state index contributed by atoms with van der Waals surface area (Å²) in [6.07, 6.45) is 3.39. The second-order valence-corrected chi connectivity index (χ2v) is 1.58. The Morgan fingerprint density at radius 1 is 1.70 bits per heavy atom. The Kier molecular flexibility index (Phi) is 13.2. The van der Waals surface area contributed by atoms with E-state index in [2.05, 4.69) is 25.2 Å². The SMILES string of the molecule is C=CC(=O)OC.[CH2]CCC. The van der Waals surface area contributed by atoms with Crippen molar-refractivity contribution < 1.29 is 9.53 Å². The molecule has 0 aromatic heterocycles. The molecule has 0 atom stereocenters. The van der Waals surface area contributed by atoms with Gasteiger partial charge in [-0.3, -0.25) is 0 Å². The summed E-state index contributed by atoms with van der Waals surface area (Å²) in [6.45, 7) is 8.88. The predicted molar refractivity (Wildman–Crippen MR) is 42.5 cm³/mol. The third-order valence-corrected chi connectivity index (χ3v) is 0.721. The highest BCUT2D eigenvalue weighted by molar-refractivity contribution is 5.80. The topological polar surface area (TPSA) is 26.3 Å². The summed E-state index contributed by atoms with van der Waals surface area (Å²) in [5.74, 6) is -0.394. The molecule has 0 saturated carbocycles. The molecule has 2 nitrogen and oxygen atoms in total. The van der Waals surface area contributed by atoms with Crippen LogP contribution >= 0.6 is 0 Å². The molecule has 0 aliphatic heterocycles. The van der Waals surface area contributed by atoms with E-state index in [1.54, 1.807) is 0 Å². The molecule has 0 aliphatic carbocycles. The van der Waals surface area contributed by atoms with Gasteiger partial charge >= 0.3 is 5.97 Å². The zero-order valence-corrected chi connectivity index (χ0v) is 6.72. The molecule has 1 radical (unpaired) electrons. The second-order valence-electron chi connectivity index (χ2n) is 1.58. The summed E-state index contributed by atoms with van der Waals surface area (Å²) in [4.78, 5) is 9.84. The largest absolute Gasteiger partial charge is 0.466 e. The van der Waals surface area contributed by atoms with Gasteiger partial charge in [-0.25, -0.2) is 4.79 Å². The van der Waals surface area contributed by atoms with E-state index in [1.165, 1.54) is 13.5 Å². The fourth-order valence-electron chi connectivity index (χ4n) is 0.0833. The average Bonchev–Trinajstić information content (AvgIpc) is 2.03. The normalized spacial score (nSPS) is 7.10. The van der Waals surface area contributed by atoms with E-state index in [0.29, 0.717) is 0 Å². The van der Waals surface area contributed by atoms with Gasteiger partial charge in [-0.1, -0.05) is 33.3 Å².